The molecule has 0 saturated carbocycles. The number of piperidine rings is 1. The fourth-order valence-electron chi connectivity index (χ4n) is 4.35. The fourth-order valence-corrected chi connectivity index (χ4v) is 4.35. The van der Waals surface area contributed by atoms with Gasteiger partial charge in [0.05, 0.1) is 31.3 Å². The van der Waals surface area contributed by atoms with Gasteiger partial charge in [-0.05, 0) is 69.7 Å². The summed E-state index contributed by atoms with van der Waals surface area (Å²) in [6, 6.07) is 5.90. The molecule has 1 aromatic carbocycles. The van der Waals surface area contributed by atoms with Gasteiger partial charge in [0.1, 0.15) is 0 Å². The van der Waals surface area contributed by atoms with Crippen molar-refractivity contribution in [1.29, 1.82) is 5.26 Å². The molecule has 1 radical (unpaired) electrons. The van der Waals surface area contributed by atoms with Crippen molar-refractivity contribution in [1.82, 2.24) is 0 Å². The van der Waals surface area contributed by atoms with E-state index < -0.39 is 0 Å². The Morgan fingerprint density at radius 3 is 2.23 bits per heavy atom. The first-order chi connectivity index (χ1) is 12.0. The number of quaternary nitrogens is 1. The summed E-state index contributed by atoms with van der Waals surface area (Å²) in [6.07, 6.45) is 5.66. The molecule has 1 aliphatic heterocycles. The number of hydrogen-bond acceptors (Lipinski definition) is 2. The molecular weight excluding hydrogens is 399 g/mol. The van der Waals surface area contributed by atoms with Crippen molar-refractivity contribution in [3.63, 3.8) is 0 Å². The molecule has 1 atom stereocenters. The number of rotatable bonds is 6. The quantitative estimate of drug-likeness (QED) is 0.683. The van der Waals surface area contributed by atoms with Crippen molar-refractivity contribution in [3.05, 3.63) is 28.8 Å². The molecule has 1 unspecified atom stereocenters. The van der Waals surface area contributed by atoms with Crippen LogP contribution in [0.15, 0.2) is 12.1 Å². The molecule has 1 aromatic rings. The van der Waals surface area contributed by atoms with E-state index in [1.165, 1.54) is 19.3 Å². The van der Waals surface area contributed by atoms with Crippen LogP contribution in [0.4, 0.5) is 5.69 Å². The first-order valence-corrected chi connectivity index (χ1v) is 9.65. The first kappa shape index (κ1) is 23.3. The second-order valence-electron chi connectivity index (χ2n) is 7.43. The number of nitrogens with zero attached hydrogens (tertiary/aromatic N) is 2. The molecule has 5 heteroatoms. The van der Waals surface area contributed by atoms with Crippen molar-refractivity contribution in [2.45, 2.75) is 65.8 Å². The molecule has 4 nitrogen and oxygen atoms in total. The summed E-state index contributed by atoms with van der Waals surface area (Å²) in [5.41, 5.74) is 3.44. The number of nitrogens with one attached hydrogen (secondary N) is 1. The zero-order chi connectivity index (χ0) is 18.4. The fraction of sp³-hybridized carbons (Fsp3) is 0.619. The smallest absolute Gasteiger partial charge is 0.282 e. The standard InChI is InChI=1S/C21H31N3O.Y/c1-5-10-19(24(6-2)11-8-7-9-12-24)21(25)23-20-16(3)13-18(15-22)14-17(20)4;/h13-14,19H,5-12H2,1-4H3;/p+1. The van der Waals surface area contributed by atoms with E-state index in [1.807, 2.05) is 26.0 Å². The number of carbonyl (C=O) groups excluding carboxylic acids is 1. The number of likely N-dealkylation sites (tertiary alicyclic amines) is 1. The van der Waals surface area contributed by atoms with Crippen LogP contribution in [0, 0.1) is 25.2 Å². The van der Waals surface area contributed by atoms with Crippen LogP contribution in [0.25, 0.3) is 0 Å². The van der Waals surface area contributed by atoms with Crippen molar-refractivity contribution >= 4 is 11.6 Å². The number of benzene rings is 1. The summed E-state index contributed by atoms with van der Waals surface area (Å²) in [7, 11) is 0. The molecule has 1 heterocycles. The van der Waals surface area contributed by atoms with Crippen LogP contribution in [-0.2, 0) is 37.5 Å². The average molecular weight is 431 g/mol. The Morgan fingerprint density at radius 2 is 1.77 bits per heavy atom. The van der Waals surface area contributed by atoms with Gasteiger partial charge < -0.3 is 9.80 Å². The van der Waals surface area contributed by atoms with Gasteiger partial charge in [0, 0.05) is 44.8 Å². The number of aryl methyl sites for hydroxylation is 2. The van der Waals surface area contributed by atoms with Crippen LogP contribution in [0.5, 0.6) is 0 Å². The first-order valence-electron chi connectivity index (χ1n) is 9.65. The molecule has 0 spiro atoms. The SMILES string of the molecule is CCCC(C(=O)Nc1c(C)cc(C#N)cc1C)[N+]1(CC)CCCCC1.[Y]. The summed E-state index contributed by atoms with van der Waals surface area (Å²) < 4.78 is 0.925. The van der Waals surface area contributed by atoms with Gasteiger partial charge in [-0.2, -0.15) is 5.26 Å². The molecule has 2 rings (SSSR count). The third-order valence-corrected chi connectivity index (χ3v) is 5.77. The van der Waals surface area contributed by atoms with E-state index in [0.29, 0.717) is 5.56 Å². The van der Waals surface area contributed by atoms with E-state index in [4.69, 9.17) is 5.26 Å². The third kappa shape index (κ3) is 5.15. The molecule has 1 N–H and O–H groups in total. The summed E-state index contributed by atoms with van der Waals surface area (Å²) >= 11 is 0. The predicted octanol–water partition coefficient (Wildman–Crippen LogP) is 4.30. The Hall–Kier alpha value is -0.756. The van der Waals surface area contributed by atoms with E-state index in [9.17, 15) is 4.79 Å². The molecule has 1 amide bonds. The minimum Gasteiger partial charge on any atom is -0.320 e. The van der Waals surface area contributed by atoms with E-state index in [0.717, 1.165) is 53.8 Å². The number of carbonyl (C=O) groups is 1. The van der Waals surface area contributed by atoms with Crippen LogP contribution in [0.3, 0.4) is 0 Å². The van der Waals surface area contributed by atoms with Crippen LogP contribution in [-0.4, -0.2) is 36.1 Å². The molecule has 26 heavy (non-hydrogen) atoms. The second kappa shape index (κ2) is 10.5. The number of hydrogen-bond donors (Lipinski definition) is 1. The molecule has 1 fully saturated rings. The molecule has 0 aromatic heterocycles. The third-order valence-electron chi connectivity index (χ3n) is 5.77. The largest absolute Gasteiger partial charge is 0.320 e. The van der Waals surface area contributed by atoms with E-state index in [1.54, 1.807) is 0 Å². The monoisotopic (exact) mass is 431 g/mol. The normalized spacial score (nSPS) is 16.9. The molecule has 0 bridgehead atoms. The maximum atomic E-state index is 13.2. The van der Waals surface area contributed by atoms with Crippen LogP contribution in [0.1, 0.15) is 62.6 Å². The number of nitriles is 1. The van der Waals surface area contributed by atoms with Crippen LogP contribution in [0.2, 0.25) is 0 Å². The van der Waals surface area contributed by atoms with Crippen LogP contribution >= 0.6 is 0 Å². The van der Waals surface area contributed by atoms with Gasteiger partial charge >= 0.3 is 0 Å². The van der Waals surface area contributed by atoms with Crippen molar-refractivity contribution in [2.75, 3.05) is 25.0 Å². The number of anilines is 1. The summed E-state index contributed by atoms with van der Waals surface area (Å²) in [5.74, 6) is 0.140. The Kier molecular flexibility index (Phi) is 9.44. The zero-order valence-electron chi connectivity index (χ0n) is 16.8. The van der Waals surface area contributed by atoms with Gasteiger partial charge in [-0.15, -0.1) is 0 Å². The summed E-state index contributed by atoms with van der Waals surface area (Å²) in [6.45, 7) is 11.5. The number of amides is 1. The van der Waals surface area contributed by atoms with Gasteiger partial charge in [-0.25, -0.2) is 0 Å². The number of likely N-dealkylation sites (N-methyl/N-ethyl adjacent to an activating group) is 1. The minimum absolute atomic E-state index is 0. The molecular formula is C21H32N3OY+. The average Bonchev–Trinajstić information content (AvgIpc) is 2.62. The van der Waals surface area contributed by atoms with E-state index in [2.05, 4.69) is 25.2 Å². The van der Waals surface area contributed by atoms with Gasteiger partial charge in [0.15, 0.2) is 6.04 Å². The Morgan fingerprint density at radius 1 is 1.19 bits per heavy atom. The molecule has 139 valence electrons. The predicted molar refractivity (Wildman–Crippen MR) is 102 cm³/mol. The summed E-state index contributed by atoms with van der Waals surface area (Å²) in [5, 5.41) is 12.3. The molecule has 1 saturated heterocycles. The van der Waals surface area contributed by atoms with E-state index >= 15 is 0 Å². The van der Waals surface area contributed by atoms with Crippen molar-refractivity contribution in [3.8, 4) is 6.07 Å². The van der Waals surface area contributed by atoms with Crippen LogP contribution < -0.4 is 5.32 Å². The Labute approximate surface area is 183 Å². The maximum Gasteiger partial charge on any atom is 0.282 e. The Balaban J connectivity index is 0.00000338. The second-order valence-corrected chi connectivity index (χ2v) is 7.43. The summed E-state index contributed by atoms with van der Waals surface area (Å²) in [4.78, 5) is 13.2. The van der Waals surface area contributed by atoms with Gasteiger partial charge in [0.25, 0.3) is 5.91 Å². The van der Waals surface area contributed by atoms with Crippen molar-refractivity contribution < 1.29 is 42.0 Å². The van der Waals surface area contributed by atoms with Crippen molar-refractivity contribution in [2.24, 2.45) is 0 Å². The zero-order valence-corrected chi connectivity index (χ0v) is 19.6. The van der Waals surface area contributed by atoms with E-state index in [-0.39, 0.29) is 44.7 Å². The minimum atomic E-state index is 0. The molecule has 0 aliphatic carbocycles. The van der Waals surface area contributed by atoms with Gasteiger partial charge in [-0.3, -0.25) is 4.79 Å². The Bertz CT molecular complexity index is 637. The topological polar surface area (TPSA) is 52.9 Å². The molecule has 1 aliphatic rings. The van der Waals surface area contributed by atoms with Gasteiger partial charge in [0.2, 0.25) is 0 Å². The van der Waals surface area contributed by atoms with Gasteiger partial charge in [-0.1, -0.05) is 6.92 Å². The maximum absolute atomic E-state index is 13.2.